The van der Waals surface area contributed by atoms with Crippen molar-refractivity contribution in [2.75, 3.05) is 0 Å². The molecule has 0 atom stereocenters. The lowest BCUT2D eigenvalue weighted by molar-refractivity contribution is 0.0951. The fourth-order valence-electron chi connectivity index (χ4n) is 4.30. The number of hydrogen-bond acceptors (Lipinski definition) is 3. The van der Waals surface area contributed by atoms with Crippen molar-refractivity contribution in [3.8, 4) is 27.3 Å². The lowest BCUT2D eigenvalue weighted by Gasteiger charge is -2.15. The summed E-state index contributed by atoms with van der Waals surface area (Å²) in [4.78, 5) is 13.8. The molecule has 1 heterocycles. The van der Waals surface area contributed by atoms with Gasteiger partial charge in [0.15, 0.2) is 0 Å². The van der Waals surface area contributed by atoms with Gasteiger partial charge in [-0.25, -0.2) is 4.39 Å². The van der Waals surface area contributed by atoms with E-state index in [9.17, 15) is 9.18 Å². The van der Waals surface area contributed by atoms with Crippen molar-refractivity contribution in [1.82, 2.24) is 5.32 Å². The smallest absolute Gasteiger partial charge is 0.251 e. The molecular weight excluding hydrogens is 552 g/mol. The minimum atomic E-state index is -0.395. The largest absolute Gasteiger partial charge is 0.488 e. The third-order valence-electron chi connectivity index (χ3n) is 6.32. The number of nitrogens with one attached hydrogen (secondary N) is 1. The summed E-state index contributed by atoms with van der Waals surface area (Å²) in [5.74, 6) is 0.118. The molecule has 0 spiro atoms. The summed E-state index contributed by atoms with van der Waals surface area (Å²) < 4.78 is 19.6. The number of amides is 1. The fraction of sp³-hybridized carbons (Fsp3) is 0.0938. The summed E-state index contributed by atoms with van der Waals surface area (Å²) in [6.07, 6.45) is 0. The summed E-state index contributed by atoms with van der Waals surface area (Å²) in [5.41, 5.74) is 6.13. The van der Waals surface area contributed by atoms with Crippen LogP contribution in [0.25, 0.3) is 21.6 Å². The number of rotatable bonds is 8. The van der Waals surface area contributed by atoms with Gasteiger partial charge in [-0.05, 0) is 77.5 Å². The predicted octanol–water partition coefficient (Wildman–Crippen LogP) is 9.35. The molecule has 1 N–H and O–H groups in total. The third kappa shape index (κ3) is 6.34. The quantitative estimate of drug-likeness (QED) is 0.200. The minimum absolute atomic E-state index is 0.120. The van der Waals surface area contributed by atoms with Crippen LogP contribution in [0.15, 0.2) is 96.4 Å². The Balaban J connectivity index is 1.40. The van der Waals surface area contributed by atoms with E-state index in [-0.39, 0.29) is 12.5 Å². The second-order valence-electron chi connectivity index (χ2n) is 9.03. The van der Waals surface area contributed by atoms with Crippen LogP contribution < -0.4 is 10.1 Å². The third-order valence-corrected chi connectivity index (χ3v) is 7.86. The van der Waals surface area contributed by atoms with Gasteiger partial charge >= 0.3 is 0 Å². The molecule has 5 rings (SSSR count). The van der Waals surface area contributed by atoms with Gasteiger partial charge in [-0.3, -0.25) is 4.79 Å². The van der Waals surface area contributed by atoms with Crippen LogP contribution >= 0.6 is 34.5 Å². The van der Waals surface area contributed by atoms with Gasteiger partial charge in [-0.1, -0.05) is 65.7 Å². The maximum absolute atomic E-state index is 13.5. The van der Waals surface area contributed by atoms with Gasteiger partial charge in [-0.15, -0.1) is 11.3 Å². The Hall–Kier alpha value is -3.64. The van der Waals surface area contributed by atoms with Crippen LogP contribution in [-0.4, -0.2) is 5.91 Å². The van der Waals surface area contributed by atoms with E-state index in [1.807, 2.05) is 79.0 Å². The Morgan fingerprint density at radius 2 is 1.72 bits per heavy atom. The van der Waals surface area contributed by atoms with Crippen molar-refractivity contribution < 1.29 is 13.9 Å². The molecule has 0 aliphatic carbocycles. The molecule has 0 unspecified atom stereocenters. The van der Waals surface area contributed by atoms with Crippen molar-refractivity contribution in [2.24, 2.45) is 0 Å². The molecule has 1 aromatic heterocycles. The van der Waals surface area contributed by atoms with Gasteiger partial charge in [0, 0.05) is 38.7 Å². The predicted molar refractivity (Wildman–Crippen MR) is 158 cm³/mol. The molecule has 0 fully saturated rings. The van der Waals surface area contributed by atoms with Gasteiger partial charge < -0.3 is 10.1 Å². The molecule has 4 aromatic carbocycles. The number of halogens is 3. The molecule has 0 saturated heterocycles. The monoisotopic (exact) mass is 575 g/mol. The van der Waals surface area contributed by atoms with Crippen LogP contribution in [0, 0.1) is 12.7 Å². The SMILES string of the molecule is Cc1cc(C(=O)NCc2ccccc2)ccc1-c1sccc1-c1cc(Cl)ccc1OCc1ccc(F)cc1Cl. The Labute approximate surface area is 240 Å². The second-order valence-corrected chi connectivity index (χ2v) is 10.8. The van der Waals surface area contributed by atoms with Gasteiger partial charge in [0.2, 0.25) is 0 Å². The second kappa shape index (κ2) is 12.0. The van der Waals surface area contributed by atoms with E-state index in [4.69, 9.17) is 27.9 Å². The summed E-state index contributed by atoms with van der Waals surface area (Å²) in [7, 11) is 0. The molecule has 3 nitrogen and oxygen atoms in total. The van der Waals surface area contributed by atoms with Crippen LogP contribution in [0.3, 0.4) is 0 Å². The number of aryl methyl sites for hydroxylation is 1. The van der Waals surface area contributed by atoms with Crippen molar-refractivity contribution in [1.29, 1.82) is 0 Å². The zero-order chi connectivity index (χ0) is 27.4. The number of carbonyl (C=O) groups is 1. The van der Waals surface area contributed by atoms with Crippen LogP contribution in [0.5, 0.6) is 5.75 Å². The van der Waals surface area contributed by atoms with E-state index in [0.29, 0.717) is 33.5 Å². The van der Waals surface area contributed by atoms with Crippen molar-refractivity contribution in [2.45, 2.75) is 20.1 Å². The molecule has 0 radical (unpaired) electrons. The van der Waals surface area contributed by atoms with Gasteiger partial charge in [0.25, 0.3) is 5.91 Å². The van der Waals surface area contributed by atoms with Crippen LogP contribution in [0.2, 0.25) is 10.0 Å². The van der Waals surface area contributed by atoms with Crippen LogP contribution in [-0.2, 0) is 13.2 Å². The Morgan fingerprint density at radius 3 is 2.49 bits per heavy atom. The van der Waals surface area contributed by atoms with E-state index in [0.717, 1.165) is 32.7 Å². The average molecular weight is 577 g/mol. The highest BCUT2D eigenvalue weighted by Gasteiger charge is 2.17. The zero-order valence-corrected chi connectivity index (χ0v) is 23.3. The maximum atomic E-state index is 13.5. The number of hydrogen-bond donors (Lipinski definition) is 1. The first-order valence-corrected chi connectivity index (χ1v) is 13.9. The molecule has 0 bridgehead atoms. The number of thiophene rings is 1. The standard InChI is InChI=1S/C32H24Cl2FNO2S/c1-20-15-22(32(37)36-18-21-5-3-2-4-6-21)8-11-26(20)31-27(13-14-39-31)28-16-24(33)9-12-30(28)38-19-23-7-10-25(35)17-29(23)34/h2-17H,18-19H2,1H3,(H,36,37). The lowest BCUT2D eigenvalue weighted by Crippen LogP contribution is -2.22. The van der Waals surface area contributed by atoms with E-state index in [1.54, 1.807) is 23.5 Å². The molecule has 196 valence electrons. The number of ether oxygens (including phenoxy) is 1. The highest BCUT2D eigenvalue weighted by molar-refractivity contribution is 7.14. The summed E-state index contributed by atoms with van der Waals surface area (Å²) in [5, 5.41) is 5.89. The highest BCUT2D eigenvalue weighted by atomic mass is 35.5. The van der Waals surface area contributed by atoms with Gasteiger partial charge in [0.05, 0.1) is 5.02 Å². The molecule has 5 aromatic rings. The molecule has 39 heavy (non-hydrogen) atoms. The van der Waals surface area contributed by atoms with E-state index >= 15 is 0 Å². The van der Waals surface area contributed by atoms with Crippen molar-refractivity contribution >= 4 is 40.4 Å². The Kier molecular flexibility index (Phi) is 8.32. The Morgan fingerprint density at radius 1 is 0.897 bits per heavy atom. The zero-order valence-electron chi connectivity index (χ0n) is 21.0. The first kappa shape index (κ1) is 26.9. The molecule has 0 aliphatic heterocycles. The molecule has 7 heteroatoms. The summed E-state index contributed by atoms with van der Waals surface area (Å²) >= 11 is 14.2. The fourth-order valence-corrected chi connectivity index (χ4v) is 5.70. The first-order chi connectivity index (χ1) is 18.9. The van der Waals surface area contributed by atoms with Crippen molar-refractivity contribution in [3.63, 3.8) is 0 Å². The summed E-state index contributed by atoms with van der Waals surface area (Å²) in [6.45, 7) is 2.65. The van der Waals surface area contributed by atoms with Gasteiger partial charge in [-0.2, -0.15) is 0 Å². The molecule has 0 aliphatic rings. The van der Waals surface area contributed by atoms with Crippen molar-refractivity contribution in [3.05, 3.63) is 134 Å². The normalized spacial score (nSPS) is 10.9. The van der Waals surface area contributed by atoms with Crippen LogP contribution in [0.1, 0.15) is 27.0 Å². The van der Waals surface area contributed by atoms with E-state index < -0.39 is 5.82 Å². The maximum Gasteiger partial charge on any atom is 0.251 e. The topological polar surface area (TPSA) is 38.3 Å². The molecular formula is C32H24Cl2FNO2S. The molecule has 1 amide bonds. The van der Waals surface area contributed by atoms with E-state index in [2.05, 4.69) is 5.32 Å². The first-order valence-electron chi connectivity index (χ1n) is 12.3. The minimum Gasteiger partial charge on any atom is -0.488 e. The van der Waals surface area contributed by atoms with E-state index in [1.165, 1.54) is 12.1 Å². The highest BCUT2D eigenvalue weighted by Crippen LogP contribution is 2.43. The Bertz CT molecular complexity index is 1640. The van der Waals surface area contributed by atoms with Gasteiger partial charge in [0.1, 0.15) is 18.2 Å². The average Bonchev–Trinajstić information content (AvgIpc) is 3.42. The van der Waals surface area contributed by atoms with Crippen LogP contribution in [0.4, 0.5) is 4.39 Å². The summed E-state index contributed by atoms with van der Waals surface area (Å²) in [6, 6.07) is 27.3. The number of carbonyl (C=O) groups excluding carboxylic acids is 1. The lowest BCUT2D eigenvalue weighted by atomic mass is 9.97. The number of benzene rings is 4. The molecule has 0 saturated carbocycles.